The fraction of sp³-hybridized carbons (Fsp3) is 0.500. The first-order valence-electron chi connectivity index (χ1n) is 4.78. The van der Waals surface area contributed by atoms with Gasteiger partial charge in [0.15, 0.2) is 0 Å². The predicted octanol–water partition coefficient (Wildman–Crippen LogP) is 4.57. The maximum absolute atomic E-state index is 3.66. The van der Waals surface area contributed by atoms with Gasteiger partial charge in [-0.1, -0.05) is 34.1 Å². The van der Waals surface area contributed by atoms with Crippen LogP contribution in [0.2, 0.25) is 0 Å². The Balaban J connectivity index is 2.77. The second kappa shape index (κ2) is 4.71. The molecule has 78 valence electrons. The lowest BCUT2D eigenvalue weighted by Crippen LogP contribution is -2.12. The summed E-state index contributed by atoms with van der Waals surface area (Å²) in [5.41, 5.74) is 2.76. The van der Waals surface area contributed by atoms with E-state index in [0.29, 0.717) is 0 Å². The van der Waals surface area contributed by atoms with Crippen LogP contribution in [0.5, 0.6) is 0 Å². The minimum absolute atomic E-state index is 0.215. The van der Waals surface area contributed by atoms with Crippen molar-refractivity contribution >= 4 is 27.7 Å². The second-order valence-corrected chi connectivity index (χ2v) is 7.36. The molecule has 14 heavy (non-hydrogen) atoms. The van der Waals surface area contributed by atoms with Crippen LogP contribution >= 0.6 is 27.7 Å². The first kappa shape index (κ1) is 12.1. The molecule has 1 rings (SSSR count). The van der Waals surface area contributed by atoms with E-state index in [1.807, 2.05) is 11.8 Å². The molecule has 0 nitrogen and oxygen atoms in total. The molecule has 0 spiro atoms. The van der Waals surface area contributed by atoms with Crippen LogP contribution < -0.4 is 0 Å². The average Bonchev–Trinajstić information content (AvgIpc) is 2.01. The number of hydrogen-bond acceptors (Lipinski definition) is 1. The smallest absolute Gasteiger partial charge is 0.0295 e. The van der Waals surface area contributed by atoms with Gasteiger partial charge in [0.05, 0.1) is 0 Å². The highest BCUT2D eigenvalue weighted by atomic mass is 79.9. The van der Waals surface area contributed by atoms with E-state index in [9.17, 15) is 0 Å². The van der Waals surface area contributed by atoms with Gasteiger partial charge in [-0.05, 0) is 38.8 Å². The van der Waals surface area contributed by atoms with Crippen molar-refractivity contribution in [3.63, 3.8) is 0 Å². The van der Waals surface area contributed by atoms with E-state index in [1.54, 1.807) is 0 Å². The quantitative estimate of drug-likeness (QED) is 0.574. The fourth-order valence-corrected chi connectivity index (χ4v) is 2.69. The molecule has 0 amide bonds. The Morgan fingerprint density at radius 3 is 2.14 bits per heavy atom. The molecule has 0 aliphatic heterocycles. The normalized spacial score (nSPS) is 11.8. The highest BCUT2D eigenvalue weighted by Gasteiger charge is 2.14. The molecule has 0 aliphatic carbocycles. The van der Waals surface area contributed by atoms with Gasteiger partial charge in [0.2, 0.25) is 0 Å². The van der Waals surface area contributed by atoms with Gasteiger partial charge in [-0.25, -0.2) is 0 Å². The van der Waals surface area contributed by atoms with Gasteiger partial charge in [-0.3, -0.25) is 0 Å². The third kappa shape index (κ3) is 3.66. The van der Waals surface area contributed by atoms with Crippen molar-refractivity contribution in [3.05, 3.63) is 29.3 Å². The minimum atomic E-state index is 0.215. The van der Waals surface area contributed by atoms with Crippen LogP contribution in [0.4, 0.5) is 0 Å². The Morgan fingerprint density at radius 2 is 1.71 bits per heavy atom. The Hall–Kier alpha value is 0.0500. The van der Waals surface area contributed by atoms with E-state index in [4.69, 9.17) is 0 Å². The predicted molar refractivity (Wildman–Crippen MR) is 69.6 cm³/mol. The number of alkyl halides is 1. The van der Waals surface area contributed by atoms with Crippen LogP contribution in [0.3, 0.4) is 0 Å². The van der Waals surface area contributed by atoms with Crippen molar-refractivity contribution in [2.45, 2.75) is 36.9 Å². The number of aryl methyl sites for hydroxylation is 2. The first-order valence-corrected chi connectivity index (χ1v) is 6.56. The van der Waals surface area contributed by atoms with E-state index < -0.39 is 0 Å². The number of halogens is 1. The number of hydrogen-bond donors (Lipinski definition) is 0. The third-order valence-corrected chi connectivity index (χ3v) is 4.42. The average molecular weight is 273 g/mol. The summed E-state index contributed by atoms with van der Waals surface area (Å²) >= 11 is 5.60. The van der Waals surface area contributed by atoms with Gasteiger partial charge in [0.25, 0.3) is 0 Å². The van der Waals surface area contributed by atoms with E-state index >= 15 is 0 Å². The Labute approximate surface area is 99.6 Å². The minimum Gasteiger partial charge on any atom is -0.124 e. The summed E-state index contributed by atoms with van der Waals surface area (Å²) in [6.45, 7) is 8.76. The van der Waals surface area contributed by atoms with Crippen LogP contribution in [0.15, 0.2) is 23.1 Å². The summed E-state index contributed by atoms with van der Waals surface area (Å²) < 4.78 is 0.215. The molecule has 0 atom stereocenters. The molecule has 1 aromatic rings. The largest absolute Gasteiger partial charge is 0.124 e. The lowest BCUT2D eigenvalue weighted by Gasteiger charge is -2.17. The molecule has 0 heterocycles. The van der Waals surface area contributed by atoms with Crippen molar-refractivity contribution in [1.29, 1.82) is 0 Å². The molecule has 0 aromatic heterocycles. The zero-order valence-electron chi connectivity index (χ0n) is 9.23. The Morgan fingerprint density at radius 1 is 1.21 bits per heavy atom. The highest BCUT2D eigenvalue weighted by Crippen LogP contribution is 2.31. The molecular formula is C12H17BrS. The van der Waals surface area contributed by atoms with Crippen LogP contribution in [-0.4, -0.2) is 10.1 Å². The first-order chi connectivity index (χ1) is 6.40. The zero-order chi connectivity index (χ0) is 10.8. The van der Waals surface area contributed by atoms with Crippen LogP contribution in [0.1, 0.15) is 25.0 Å². The molecular weight excluding hydrogens is 256 g/mol. The molecule has 0 radical (unpaired) electrons. The monoisotopic (exact) mass is 272 g/mol. The molecule has 0 saturated carbocycles. The zero-order valence-corrected chi connectivity index (χ0v) is 11.6. The fourth-order valence-electron chi connectivity index (χ4n) is 1.27. The SMILES string of the molecule is Cc1cccc(C)c1SCC(C)(C)Br. The van der Waals surface area contributed by atoms with Crippen molar-refractivity contribution in [3.8, 4) is 0 Å². The number of rotatable bonds is 3. The van der Waals surface area contributed by atoms with Crippen LogP contribution in [0.25, 0.3) is 0 Å². The highest BCUT2D eigenvalue weighted by molar-refractivity contribution is 9.10. The molecule has 2 heteroatoms. The molecule has 0 aliphatic rings. The van der Waals surface area contributed by atoms with E-state index in [2.05, 4.69) is 61.8 Å². The van der Waals surface area contributed by atoms with E-state index in [1.165, 1.54) is 16.0 Å². The van der Waals surface area contributed by atoms with Crippen molar-refractivity contribution in [2.24, 2.45) is 0 Å². The second-order valence-electron chi connectivity index (χ2n) is 4.23. The van der Waals surface area contributed by atoms with Crippen molar-refractivity contribution < 1.29 is 0 Å². The third-order valence-electron chi connectivity index (χ3n) is 1.97. The van der Waals surface area contributed by atoms with Gasteiger partial charge >= 0.3 is 0 Å². The van der Waals surface area contributed by atoms with Crippen LogP contribution in [0, 0.1) is 13.8 Å². The standard InChI is InChI=1S/C12H17BrS/c1-9-6-5-7-10(2)11(9)14-8-12(3,4)13/h5-7H,8H2,1-4H3. The molecule has 0 fully saturated rings. The van der Waals surface area contributed by atoms with Crippen molar-refractivity contribution in [1.82, 2.24) is 0 Å². The molecule has 0 saturated heterocycles. The summed E-state index contributed by atoms with van der Waals surface area (Å²) in [6, 6.07) is 6.47. The van der Waals surface area contributed by atoms with Gasteiger partial charge in [0.1, 0.15) is 0 Å². The van der Waals surface area contributed by atoms with E-state index in [-0.39, 0.29) is 4.32 Å². The number of thioether (sulfide) groups is 1. The van der Waals surface area contributed by atoms with Gasteiger partial charge in [-0.2, -0.15) is 0 Å². The lowest BCUT2D eigenvalue weighted by molar-refractivity contribution is 0.837. The topological polar surface area (TPSA) is 0 Å². The van der Waals surface area contributed by atoms with Crippen LogP contribution in [-0.2, 0) is 0 Å². The van der Waals surface area contributed by atoms with Gasteiger partial charge in [0, 0.05) is 15.0 Å². The van der Waals surface area contributed by atoms with Gasteiger partial charge < -0.3 is 0 Å². The Kier molecular flexibility index (Phi) is 4.08. The molecule has 0 N–H and O–H groups in total. The van der Waals surface area contributed by atoms with Gasteiger partial charge in [-0.15, -0.1) is 11.8 Å². The summed E-state index contributed by atoms with van der Waals surface area (Å²) in [5, 5.41) is 0. The Bertz CT molecular complexity index is 292. The molecule has 0 unspecified atom stereocenters. The molecule has 0 bridgehead atoms. The van der Waals surface area contributed by atoms with Crippen molar-refractivity contribution in [2.75, 3.05) is 5.75 Å². The maximum Gasteiger partial charge on any atom is 0.0295 e. The molecule has 1 aromatic carbocycles. The van der Waals surface area contributed by atoms with E-state index in [0.717, 1.165) is 5.75 Å². The summed E-state index contributed by atoms with van der Waals surface area (Å²) in [5.74, 6) is 1.10. The maximum atomic E-state index is 3.66. The lowest BCUT2D eigenvalue weighted by atomic mass is 10.2. The summed E-state index contributed by atoms with van der Waals surface area (Å²) in [6.07, 6.45) is 0. The number of benzene rings is 1. The summed E-state index contributed by atoms with van der Waals surface area (Å²) in [4.78, 5) is 1.43. The summed E-state index contributed by atoms with van der Waals surface area (Å²) in [7, 11) is 0.